The molecule has 6 atom stereocenters. The topological polar surface area (TPSA) is 109 Å². The Morgan fingerprint density at radius 2 is 0.707 bits per heavy atom. The monoisotopic (exact) mass is 832 g/mol. The fourth-order valence-corrected chi connectivity index (χ4v) is 9.02. The van der Waals surface area contributed by atoms with Crippen molar-refractivity contribution in [2.45, 2.75) is 165 Å². The van der Waals surface area contributed by atoms with E-state index < -0.39 is 20.2 Å². The van der Waals surface area contributed by atoms with E-state index in [2.05, 4.69) is 102 Å². The van der Waals surface area contributed by atoms with Crippen LogP contribution < -0.4 is 0 Å². The Balaban J connectivity index is 0.000000322. The minimum absolute atomic E-state index is 0.0708. The second kappa shape index (κ2) is 25.4. The van der Waals surface area contributed by atoms with E-state index in [1.54, 1.807) is 24.3 Å². The summed E-state index contributed by atoms with van der Waals surface area (Å²) in [6.07, 6.45) is 16.9. The molecule has 58 heavy (non-hydrogen) atoms. The van der Waals surface area contributed by atoms with Crippen LogP contribution in [0.25, 0.3) is 0 Å². The van der Waals surface area contributed by atoms with Crippen LogP contribution in [0.2, 0.25) is 0 Å². The largest absolute Gasteiger partial charge is 0.294 e. The average molecular weight is 833 g/mol. The van der Waals surface area contributed by atoms with Gasteiger partial charge in [0.2, 0.25) is 0 Å². The molecule has 0 aliphatic rings. The molecule has 2 N–H and O–H groups in total. The Morgan fingerprint density at radius 1 is 0.397 bits per heavy atom. The molecule has 6 unspecified atom stereocenters. The number of rotatable bonds is 24. The molecule has 320 valence electrons. The first-order valence-electron chi connectivity index (χ1n) is 21.9. The Hall–Kier alpha value is -3.30. The van der Waals surface area contributed by atoms with Gasteiger partial charge >= 0.3 is 0 Å². The molecule has 0 spiro atoms. The molecular weight excluding hydrogens is 761 g/mol. The van der Waals surface area contributed by atoms with Crippen molar-refractivity contribution in [3.8, 4) is 0 Å². The molecule has 6 nitrogen and oxygen atoms in total. The predicted molar refractivity (Wildman–Crippen MR) is 242 cm³/mol. The smallest absolute Gasteiger partial charge is 0.282 e. The van der Waals surface area contributed by atoms with Gasteiger partial charge < -0.3 is 0 Å². The lowest BCUT2D eigenvalue weighted by atomic mass is 9.88. The van der Waals surface area contributed by atoms with Crippen LogP contribution in [0.3, 0.4) is 0 Å². The average Bonchev–Trinajstić information content (AvgIpc) is 3.22. The van der Waals surface area contributed by atoms with Crippen LogP contribution in [0.5, 0.6) is 0 Å². The Bertz CT molecular complexity index is 1910. The predicted octanol–water partition coefficient (Wildman–Crippen LogP) is 14.4. The van der Waals surface area contributed by atoms with Crippen LogP contribution in [0, 0.1) is 11.8 Å². The SMILES string of the molecule is CCC(CCCCC(C)CCC(C)c1ccc(S(=O)(=O)O)cc1)c1ccc(S(=O)(=O)O)cc1.CCC(CCCCC(C)CCC(C)c1ccccc1)c1ccccc1. The van der Waals surface area contributed by atoms with Crippen LogP contribution in [-0.4, -0.2) is 25.9 Å². The summed E-state index contributed by atoms with van der Waals surface area (Å²) in [6, 6.07) is 35.0. The zero-order valence-corrected chi connectivity index (χ0v) is 37.7. The van der Waals surface area contributed by atoms with Crippen LogP contribution in [0.15, 0.2) is 119 Å². The van der Waals surface area contributed by atoms with Gasteiger partial charge in [-0.2, -0.15) is 16.8 Å². The molecule has 0 heterocycles. The van der Waals surface area contributed by atoms with Gasteiger partial charge in [0.25, 0.3) is 20.2 Å². The lowest BCUT2D eigenvalue weighted by Gasteiger charge is -2.18. The highest BCUT2D eigenvalue weighted by molar-refractivity contribution is 7.86. The molecule has 0 bridgehead atoms. The molecule has 0 aliphatic carbocycles. The highest BCUT2D eigenvalue weighted by Gasteiger charge is 2.16. The number of benzene rings is 4. The van der Waals surface area contributed by atoms with E-state index in [1.165, 1.54) is 80.3 Å². The first-order valence-corrected chi connectivity index (χ1v) is 24.7. The highest BCUT2D eigenvalue weighted by Crippen LogP contribution is 2.31. The molecule has 0 amide bonds. The van der Waals surface area contributed by atoms with Crippen LogP contribution in [-0.2, 0) is 20.2 Å². The van der Waals surface area contributed by atoms with E-state index in [4.69, 9.17) is 9.11 Å². The van der Waals surface area contributed by atoms with Crippen molar-refractivity contribution in [2.24, 2.45) is 11.8 Å². The minimum atomic E-state index is -4.15. The summed E-state index contributed by atoms with van der Waals surface area (Å²) in [5.41, 5.74) is 5.19. The van der Waals surface area contributed by atoms with Gasteiger partial charge in [0, 0.05) is 0 Å². The van der Waals surface area contributed by atoms with Crippen LogP contribution >= 0.6 is 0 Å². The molecule has 0 fully saturated rings. The molecule has 0 saturated heterocycles. The van der Waals surface area contributed by atoms with E-state index in [0.29, 0.717) is 23.7 Å². The second-order valence-electron chi connectivity index (χ2n) is 16.9. The number of hydrogen-bond donors (Lipinski definition) is 2. The van der Waals surface area contributed by atoms with Gasteiger partial charge in [-0.05, 0) is 121 Å². The summed E-state index contributed by atoms with van der Waals surface area (Å²) >= 11 is 0. The normalized spacial score (nSPS) is 15.0. The number of hydrogen-bond acceptors (Lipinski definition) is 4. The lowest BCUT2D eigenvalue weighted by Crippen LogP contribution is -2.03. The highest BCUT2D eigenvalue weighted by atomic mass is 32.2. The molecule has 0 aromatic heterocycles. The minimum Gasteiger partial charge on any atom is -0.282 e. The van der Waals surface area contributed by atoms with Crippen molar-refractivity contribution >= 4 is 20.2 Å². The first kappa shape index (κ1) is 49.1. The van der Waals surface area contributed by atoms with Gasteiger partial charge in [-0.15, -0.1) is 0 Å². The van der Waals surface area contributed by atoms with E-state index >= 15 is 0 Å². The quantitative estimate of drug-likeness (QED) is 0.0538. The van der Waals surface area contributed by atoms with Crippen molar-refractivity contribution in [3.05, 3.63) is 131 Å². The maximum atomic E-state index is 11.2. The molecule has 0 aliphatic heterocycles. The second-order valence-corrected chi connectivity index (χ2v) is 19.7. The van der Waals surface area contributed by atoms with E-state index in [0.717, 1.165) is 67.9 Å². The third-order valence-corrected chi connectivity index (χ3v) is 13.9. The van der Waals surface area contributed by atoms with Gasteiger partial charge in [0.1, 0.15) is 0 Å². The standard InChI is InChI=1S/C25H36O6S2.C25H36/c1-4-21(23-13-17-25(18-14-23)33(29,30)31)8-6-5-7-19(2)9-10-20(3)22-11-15-24(16-12-22)32(26,27)28;1-4-23(25-17-9-6-10-18-25)14-12-11-13-21(2)19-20-22(3)24-15-7-5-8-16-24/h11-21H,4-10H2,1-3H3,(H,26,27,28)(H,29,30,31);5-10,15-18,21-23H,4,11-14,19-20H2,1-3H3. The van der Waals surface area contributed by atoms with Gasteiger partial charge in [-0.1, -0.05) is 178 Å². The Kier molecular flexibility index (Phi) is 21.4. The fraction of sp³-hybridized carbons (Fsp3) is 0.520. The zero-order valence-electron chi connectivity index (χ0n) is 36.1. The molecule has 4 rings (SSSR count). The lowest BCUT2D eigenvalue weighted by molar-refractivity contribution is 0.424. The van der Waals surface area contributed by atoms with Crippen molar-refractivity contribution in [2.75, 3.05) is 0 Å². The van der Waals surface area contributed by atoms with Gasteiger partial charge in [0.05, 0.1) is 9.79 Å². The number of unbranched alkanes of at least 4 members (excludes halogenated alkanes) is 2. The molecule has 4 aromatic carbocycles. The van der Waals surface area contributed by atoms with Gasteiger partial charge in [0.15, 0.2) is 0 Å². The van der Waals surface area contributed by atoms with Crippen molar-refractivity contribution in [1.82, 2.24) is 0 Å². The summed E-state index contributed by atoms with van der Waals surface area (Å²) in [6.45, 7) is 13.7. The molecule has 4 aromatic rings. The van der Waals surface area contributed by atoms with Crippen molar-refractivity contribution in [1.29, 1.82) is 0 Å². The molecule has 0 radical (unpaired) electrons. The Morgan fingerprint density at radius 3 is 1.07 bits per heavy atom. The first-order chi connectivity index (χ1) is 27.6. The summed E-state index contributed by atoms with van der Waals surface area (Å²) in [4.78, 5) is -0.148. The molecular formula is C50H72O6S2. The Labute approximate surface area is 352 Å². The summed E-state index contributed by atoms with van der Waals surface area (Å²) in [7, 11) is -8.31. The zero-order chi connectivity index (χ0) is 42.6. The van der Waals surface area contributed by atoms with Crippen molar-refractivity contribution < 1.29 is 25.9 Å². The van der Waals surface area contributed by atoms with Crippen molar-refractivity contribution in [3.63, 3.8) is 0 Å². The maximum Gasteiger partial charge on any atom is 0.294 e. The summed E-state index contributed by atoms with van der Waals surface area (Å²) < 4.78 is 63.0. The van der Waals surface area contributed by atoms with E-state index in [9.17, 15) is 16.8 Å². The van der Waals surface area contributed by atoms with Crippen LogP contribution in [0.4, 0.5) is 0 Å². The molecule has 0 saturated carbocycles. The maximum absolute atomic E-state index is 11.2. The fourth-order valence-electron chi connectivity index (χ4n) is 8.06. The van der Waals surface area contributed by atoms with Gasteiger partial charge in [-0.25, -0.2) is 0 Å². The summed E-state index contributed by atoms with van der Waals surface area (Å²) in [5, 5.41) is 0. The van der Waals surface area contributed by atoms with Crippen LogP contribution in [0.1, 0.15) is 177 Å². The third-order valence-electron chi connectivity index (χ3n) is 12.2. The molecule has 8 heteroatoms. The van der Waals surface area contributed by atoms with Gasteiger partial charge in [-0.3, -0.25) is 9.11 Å². The summed E-state index contributed by atoms with van der Waals surface area (Å²) in [5.74, 6) is 3.57. The van der Waals surface area contributed by atoms with E-state index in [1.807, 2.05) is 0 Å². The van der Waals surface area contributed by atoms with E-state index in [-0.39, 0.29) is 9.79 Å². The third kappa shape index (κ3) is 17.9.